The smallest absolute Gasteiger partial charge is 0.293 e. The van der Waals surface area contributed by atoms with Crippen LogP contribution in [0.1, 0.15) is 12.8 Å². The van der Waals surface area contributed by atoms with Crippen LogP contribution in [0.2, 0.25) is 0 Å². The lowest BCUT2D eigenvalue weighted by Crippen LogP contribution is -2.36. The van der Waals surface area contributed by atoms with E-state index in [0.717, 1.165) is 41.3 Å². The Morgan fingerprint density at radius 3 is 2.82 bits per heavy atom. The number of thiazole rings is 1. The highest BCUT2D eigenvalue weighted by molar-refractivity contribution is 7.22. The summed E-state index contributed by atoms with van der Waals surface area (Å²) < 4.78 is 6.21. The van der Waals surface area contributed by atoms with Crippen LogP contribution >= 0.6 is 11.3 Å². The maximum Gasteiger partial charge on any atom is 0.293 e. The third-order valence-electron chi connectivity index (χ3n) is 3.91. The van der Waals surface area contributed by atoms with Gasteiger partial charge in [0, 0.05) is 25.2 Å². The van der Waals surface area contributed by atoms with Crippen molar-refractivity contribution in [2.24, 2.45) is 0 Å². The Hall–Kier alpha value is -1.93. The second kappa shape index (κ2) is 5.36. The first kappa shape index (κ1) is 13.7. The van der Waals surface area contributed by atoms with E-state index < -0.39 is 0 Å². The van der Waals surface area contributed by atoms with Gasteiger partial charge in [-0.05, 0) is 18.9 Å². The molecule has 8 heteroatoms. The van der Waals surface area contributed by atoms with Crippen molar-refractivity contribution in [2.75, 3.05) is 36.5 Å². The summed E-state index contributed by atoms with van der Waals surface area (Å²) in [4.78, 5) is 17.8. The molecular weight excluding hydrogens is 304 g/mol. The molecule has 1 saturated carbocycles. The van der Waals surface area contributed by atoms with E-state index >= 15 is 0 Å². The summed E-state index contributed by atoms with van der Waals surface area (Å²) in [6.07, 6.45) is 2.15. The second-order valence-electron chi connectivity index (χ2n) is 5.61. The predicted octanol–water partition coefficient (Wildman–Crippen LogP) is 2.62. The fraction of sp³-hybridized carbons (Fsp3) is 0.500. The molecule has 1 N–H and O–H groups in total. The average Bonchev–Trinajstić information content (AvgIpc) is 3.23. The van der Waals surface area contributed by atoms with Crippen LogP contribution in [0.5, 0.6) is 0 Å². The van der Waals surface area contributed by atoms with Gasteiger partial charge in [-0.25, -0.2) is 4.98 Å². The first-order valence-electron chi connectivity index (χ1n) is 7.39. The molecule has 7 nitrogen and oxygen atoms in total. The number of fused-ring (bicyclic) bond motifs is 1. The Morgan fingerprint density at radius 2 is 2.14 bits per heavy atom. The standard InChI is InChI=1S/C14H16N4O3S/c19-18(20)12-8-13-11(7-10(12)15-9-1-2-9)16-14(22-13)17-3-5-21-6-4-17/h7-9,15H,1-6H2. The Morgan fingerprint density at radius 1 is 1.36 bits per heavy atom. The maximum absolute atomic E-state index is 11.3. The van der Waals surface area contributed by atoms with E-state index in [9.17, 15) is 10.1 Å². The molecular formula is C14H16N4O3S. The largest absolute Gasteiger partial charge is 0.378 e. The van der Waals surface area contributed by atoms with E-state index in [4.69, 9.17) is 4.74 Å². The number of nitro benzene ring substituents is 1. The van der Waals surface area contributed by atoms with Crippen molar-refractivity contribution >= 4 is 38.1 Å². The Balaban J connectivity index is 1.72. The maximum atomic E-state index is 11.3. The van der Waals surface area contributed by atoms with Gasteiger partial charge in [0.1, 0.15) is 5.69 Å². The number of rotatable bonds is 4. The molecule has 1 aromatic carbocycles. The van der Waals surface area contributed by atoms with E-state index in [1.807, 2.05) is 6.07 Å². The molecule has 0 unspecified atom stereocenters. The lowest BCUT2D eigenvalue weighted by atomic mass is 10.2. The van der Waals surface area contributed by atoms with Gasteiger partial charge in [0.25, 0.3) is 5.69 Å². The van der Waals surface area contributed by atoms with Crippen molar-refractivity contribution in [1.82, 2.24) is 4.98 Å². The molecule has 1 aromatic heterocycles. The van der Waals surface area contributed by atoms with Crippen LogP contribution in [-0.2, 0) is 4.74 Å². The van der Waals surface area contributed by atoms with Crippen molar-refractivity contribution in [1.29, 1.82) is 0 Å². The van der Waals surface area contributed by atoms with Gasteiger partial charge in [0.2, 0.25) is 0 Å². The molecule has 1 aliphatic carbocycles. The highest BCUT2D eigenvalue weighted by Gasteiger charge is 2.26. The molecule has 1 aliphatic heterocycles. The van der Waals surface area contributed by atoms with E-state index in [1.165, 1.54) is 11.3 Å². The lowest BCUT2D eigenvalue weighted by molar-refractivity contribution is -0.383. The number of nitrogens with zero attached hydrogens (tertiary/aromatic N) is 3. The fourth-order valence-electron chi connectivity index (χ4n) is 2.56. The quantitative estimate of drug-likeness (QED) is 0.689. The fourth-order valence-corrected chi connectivity index (χ4v) is 3.59. The number of aromatic nitrogens is 1. The second-order valence-corrected chi connectivity index (χ2v) is 6.62. The number of nitro groups is 1. The Bertz CT molecular complexity index is 722. The highest BCUT2D eigenvalue weighted by atomic mass is 32.1. The summed E-state index contributed by atoms with van der Waals surface area (Å²) >= 11 is 1.51. The lowest BCUT2D eigenvalue weighted by Gasteiger charge is -2.25. The van der Waals surface area contributed by atoms with Crippen molar-refractivity contribution < 1.29 is 9.66 Å². The van der Waals surface area contributed by atoms with Crippen molar-refractivity contribution in [3.8, 4) is 0 Å². The molecule has 1 saturated heterocycles. The van der Waals surface area contributed by atoms with E-state index in [-0.39, 0.29) is 10.6 Å². The number of anilines is 2. The molecule has 2 fully saturated rings. The van der Waals surface area contributed by atoms with E-state index in [2.05, 4.69) is 15.2 Å². The molecule has 22 heavy (non-hydrogen) atoms. The number of hydrogen-bond acceptors (Lipinski definition) is 7. The van der Waals surface area contributed by atoms with Gasteiger partial charge >= 0.3 is 0 Å². The molecule has 0 bridgehead atoms. The van der Waals surface area contributed by atoms with E-state index in [1.54, 1.807) is 6.07 Å². The molecule has 0 atom stereocenters. The number of ether oxygens (including phenoxy) is 1. The zero-order chi connectivity index (χ0) is 15.1. The minimum Gasteiger partial charge on any atom is -0.378 e. The van der Waals surface area contributed by atoms with Gasteiger partial charge in [-0.3, -0.25) is 10.1 Å². The van der Waals surface area contributed by atoms with Gasteiger partial charge in [-0.1, -0.05) is 11.3 Å². The van der Waals surface area contributed by atoms with Crippen LogP contribution in [-0.4, -0.2) is 42.3 Å². The molecule has 4 rings (SSSR count). The van der Waals surface area contributed by atoms with Crippen LogP contribution in [0.15, 0.2) is 12.1 Å². The summed E-state index contributed by atoms with van der Waals surface area (Å²) in [5.41, 5.74) is 1.54. The Labute approximate surface area is 131 Å². The molecule has 116 valence electrons. The molecule has 2 aromatic rings. The third kappa shape index (κ3) is 2.59. The molecule has 2 aliphatic rings. The van der Waals surface area contributed by atoms with Crippen LogP contribution in [0.4, 0.5) is 16.5 Å². The summed E-state index contributed by atoms with van der Waals surface area (Å²) in [5.74, 6) is 0. The SMILES string of the molecule is O=[N+]([O-])c1cc2sc(N3CCOCC3)nc2cc1NC1CC1. The Kier molecular flexibility index (Phi) is 3.34. The molecule has 2 heterocycles. The van der Waals surface area contributed by atoms with Crippen LogP contribution in [0.3, 0.4) is 0 Å². The normalized spacial score (nSPS) is 18.6. The summed E-state index contributed by atoms with van der Waals surface area (Å²) in [7, 11) is 0. The van der Waals surface area contributed by atoms with Crippen LogP contribution < -0.4 is 10.2 Å². The van der Waals surface area contributed by atoms with Gasteiger partial charge in [-0.2, -0.15) is 0 Å². The third-order valence-corrected chi connectivity index (χ3v) is 4.99. The number of morpholine rings is 1. The minimum atomic E-state index is -0.321. The van der Waals surface area contributed by atoms with Crippen LogP contribution in [0.25, 0.3) is 10.2 Å². The minimum absolute atomic E-state index is 0.136. The highest BCUT2D eigenvalue weighted by Crippen LogP contribution is 2.38. The topological polar surface area (TPSA) is 80.5 Å². The van der Waals surface area contributed by atoms with Crippen molar-refractivity contribution in [2.45, 2.75) is 18.9 Å². The monoisotopic (exact) mass is 320 g/mol. The summed E-state index contributed by atoms with van der Waals surface area (Å²) in [6.45, 7) is 3.03. The zero-order valence-electron chi connectivity index (χ0n) is 11.9. The summed E-state index contributed by atoms with van der Waals surface area (Å²) in [5, 5.41) is 15.4. The predicted molar refractivity (Wildman–Crippen MR) is 86.0 cm³/mol. The van der Waals surface area contributed by atoms with Crippen molar-refractivity contribution in [3.05, 3.63) is 22.2 Å². The number of nitrogens with one attached hydrogen (secondary N) is 1. The first-order chi connectivity index (χ1) is 10.7. The first-order valence-corrected chi connectivity index (χ1v) is 8.20. The zero-order valence-corrected chi connectivity index (χ0v) is 12.8. The molecule has 0 spiro atoms. The van der Waals surface area contributed by atoms with Gasteiger partial charge in [-0.15, -0.1) is 0 Å². The van der Waals surface area contributed by atoms with E-state index in [0.29, 0.717) is 24.9 Å². The number of benzene rings is 1. The summed E-state index contributed by atoms with van der Waals surface area (Å²) in [6, 6.07) is 3.82. The average molecular weight is 320 g/mol. The van der Waals surface area contributed by atoms with Gasteiger partial charge in [0.05, 0.1) is 28.4 Å². The molecule has 0 radical (unpaired) electrons. The van der Waals surface area contributed by atoms with Gasteiger partial charge < -0.3 is 15.0 Å². The number of hydrogen-bond donors (Lipinski definition) is 1. The molecule has 0 amide bonds. The van der Waals surface area contributed by atoms with Crippen molar-refractivity contribution in [3.63, 3.8) is 0 Å². The van der Waals surface area contributed by atoms with Gasteiger partial charge in [0.15, 0.2) is 5.13 Å². The van der Waals surface area contributed by atoms with Crippen LogP contribution in [0, 0.1) is 10.1 Å².